The number of ether oxygens (including phenoxy) is 1. The third kappa shape index (κ3) is 3.93. The molecule has 1 heterocycles. The molecule has 10 nitrogen and oxygen atoms in total. The van der Waals surface area contributed by atoms with Crippen LogP contribution in [0, 0.1) is 10.1 Å². The minimum Gasteiger partial charge on any atom is -0.488 e. The van der Waals surface area contributed by atoms with Crippen molar-refractivity contribution in [3.63, 3.8) is 0 Å². The lowest BCUT2D eigenvalue weighted by molar-refractivity contribution is -0.384. The Kier molecular flexibility index (Phi) is 4.60. The van der Waals surface area contributed by atoms with Gasteiger partial charge in [0.05, 0.1) is 11.1 Å². The summed E-state index contributed by atoms with van der Waals surface area (Å²) in [4.78, 5) is 11.3. The number of nitrogens with zero attached hydrogens (tertiary/aromatic N) is 6. The first-order valence-electron chi connectivity index (χ1n) is 7.17. The third-order valence-corrected chi connectivity index (χ3v) is 3.24. The average molecular weight is 339 g/mol. The molecule has 2 N–H and O–H groups in total. The first-order chi connectivity index (χ1) is 12.1. The van der Waals surface area contributed by atoms with E-state index in [0.717, 1.165) is 10.4 Å². The molecular weight excluding hydrogens is 326 g/mol. The van der Waals surface area contributed by atoms with Gasteiger partial charge in [0.2, 0.25) is 0 Å². The van der Waals surface area contributed by atoms with E-state index in [1.165, 1.54) is 18.3 Å². The van der Waals surface area contributed by atoms with E-state index in [1.807, 2.05) is 18.2 Å². The second-order valence-electron chi connectivity index (χ2n) is 4.92. The van der Waals surface area contributed by atoms with Gasteiger partial charge in [-0.05, 0) is 40.3 Å². The van der Waals surface area contributed by atoms with Crippen LogP contribution in [0.5, 0.6) is 5.75 Å². The van der Waals surface area contributed by atoms with Crippen LogP contribution in [-0.2, 0) is 6.61 Å². The molecule has 0 spiro atoms. The van der Waals surface area contributed by atoms with Crippen LogP contribution < -0.4 is 10.5 Å². The standard InChI is InChI=1S/C15H13N7O3/c16-15-18-19-20-21(15)17-9-12-3-1-2-4-14(12)25-10-11-5-7-13(8-6-11)22(23)24/h1-9H,10H2,(H2,16,18,20)/b17-9-. The van der Waals surface area contributed by atoms with Crippen molar-refractivity contribution in [2.75, 3.05) is 5.73 Å². The van der Waals surface area contributed by atoms with Gasteiger partial charge in [0.15, 0.2) is 0 Å². The summed E-state index contributed by atoms with van der Waals surface area (Å²) in [5.41, 5.74) is 7.10. The number of hydrogen-bond donors (Lipinski definition) is 1. The van der Waals surface area contributed by atoms with E-state index in [2.05, 4.69) is 20.6 Å². The van der Waals surface area contributed by atoms with Gasteiger partial charge in [-0.15, -0.1) is 0 Å². The quantitative estimate of drug-likeness (QED) is 0.409. The van der Waals surface area contributed by atoms with E-state index < -0.39 is 4.92 Å². The molecule has 2 aromatic carbocycles. The van der Waals surface area contributed by atoms with Gasteiger partial charge in [-0.25, -0.2) is 0 Å². The molecule has 1 aromatic heterocycles. The molecule has 10 heteroatoms. The second-order valence-corrected chi connectivity index (χ2v) is 4.92. The van der Waals surface area contributed by atoms with Crippen molar-refractivity contribution in [1.29, 1.82) is 0 Å². The largest absolute Gasteiger partial charge is 0.488 e. The van der Waals surface area contributed by atoms with Crippen molar-refractivity contribution in [1.82, 2.24) is 20.3 Å². The summed E-state index contributed by atoms with van der Waals surface area (Å²) in [6.07, 6.45) is 1.53. The molecule has 0 aliphatic carbocycles. The van der Waals surface area contributed by atoms with Crippen LogP contribution in [0.25, 0.3) is 0 Å². The van der Waals surface area contributed by atoms with E-state index in [-0.39, 0.29) is 18.2 Å². The summed E-state index contributed by atoms with van der Waals surface area (Å²) >= 11 is 0. The average Bonchev–Trinajstić information content (AvgIpc) is 3.04. The molecule has 0 fully saturated rings. The molecule has 0 bridgehead atoms. The number of benzene rings is 2. The van der Waals surface area contributed by atoms with Gasteiger partial charge in [-0.1, -0.05) is 22.0 Å². The Balaban J connectivity index is 1.71. The van der Waals surface area contributed by atoms with Gasteiger partial charge in [0.25, 0.3) is 11.6 Å². The summed E-state index contributed by atoms with van der Waals surface area (Å²) < 4.78 is 5.77. The number of non-ortho nitro benzene ring substituents is 1. The van der Waals surface area contributed by atoms with Crippen molar-refractivity contribution in [2.24, 2.45) is 5.10 Å². The Labute approximate surface area is 141 Å². The highest BCUT2D eigenvalue weighted by Gasteiger charge is 2.06. The number of hydrogen-bond acceptors (Lipinski definition) is 8. The first kappa shape index (κ1) is 16.1. The smallest absolute Gasteiger partial charge is 0.269 e. The molecular formula is C15H13N7O3. The number of nitrogens with two attached hydrogens (primary N) is 1. The fourth-order valence-corrected chi connectivity index (χ4v) is 1.98. The van der Waals surface area contributed by atoms with Crippen LogP contribution in [0.2, 0.25) is 0 Å². The summed E-state index contributed by atoms with van der Waals surface area (Å²) in [5, 5.41) is 25.3. The van der Waals surface area contributed by atoms with Crippen LogP contribution in [0.1, 0.15) is 11.1 Å². The first-order valence-corrected chi connectivity index (χ1v) is 7.17. The molecule has 3 aromatic rings. The molecule has 126 valence electrons. The Bertz CT molecular complexity index is 905. The van der Waals surface area contributed by atoms with E-state index in [4.69, 9.17) is 10.5 Å². The molecule has 0 unspecified atom stereocenters. The number of anilines is 1. The van der Waals surface area contributed by atoms with Crippen LogP contribution >= 0.6 is 0 Å². The zero-order chi connectivity index (χ0) is 17.6. The number of nitro benzene ring substituents is 1. The molecule has 0 aliphatic rings. The molecule has 3 rings (SSSR count). The maximum atomic E-state index is 10.7. The van der Waals surface area contributed by atoms with E-state index in [0.29, 0.717) is 11.3 Å². The van der Waals surface area contributed by atoms with Gasteiger partial charge in [-0.3, -0.25) is 10.1 Å². The number of tetrazole rings is 1. The van der Waals surface area contributed by atoms with E-state index >= 15 is 0 Å². The molecule has 0 saturated carbocycles. The highest BCUT2D eigenvalue weighted by atomic mass is 16.6. The van der Waals surface area contributed by atoms with Crippen molar-refractivity contribution >= 4 is 17.9 Å². The van der Waals surface area contributed by atoms with Crippen LogP contribution in [0.3, 0.4) is 0 Å². The lowest BCUT2D eigenvalue weighted by atomic mass is 10.2. The summed E-state index contributed by atoms with van der Waals surface area (Å²) in [7, 11) is 0. The molecule has 25 heavy (non-hydrogen) atoms. The fraction of sp³-hybridized carbons (Fsp3) is 0.0667. The Morgan fingerprint density at radius 2 is 2.00 bits per heavy atom. The molecule has 0 radical (unpaired) electrons. The monoisotopic (exact) mass is 339 g/mol. The topological polar surface area (TPSA) is 134 Å². The zero-order valence-electron chi connectivity index (χ0n) is 12.9. The SMILES string of the molecule is Nc1nnnn1/N=C\c1ccccc1OCc1ccc([N+](=O)[O-])cc1. The van der Waals surface area contributed by atoms with Crippen LogP contribution in [-0.4, -0.2) is 31.5 Å². The van der Waals surface area contributed by atoms with E-state index in [9.17, 15) is 10.1 Å². The lowest BCUT2D eigenvalue weighted by Gasteiger charge is -2.08. The fourth-order valence-electron chi connectivity index (χ4n) is 1.98. The highest BCUT2D eigenvalue weighted by Crippen LogP contribution is 2.19. The third-order valence-electron chi connectivity index (χ3n) is 3.24. The molecule has 0 saturated heterocycles. The number of nitrogen functional groups attached to an aromatic ring is 1. The predicted octanol–water partition coefficient (Wildman–Crippen LogP) is 1.62. The molecule has 0 amide bonds. The Morgan fingerprint density at radius 3 is 2.68 bits per heavy atom. The van der Waals surface area contributed by atoms with Crippen molar-refractivity contribution in [3.8, 4) is 5.75 Å². The number of para-hydroxylation sites is 1. The Hall–Kier alpha value is -3.82. The number of rotatable bonds is 6. The zero-order valence-corrected chi connectivity index (χ0v) is 12.9. The van der Waals surface area contributed by atoms with Gasteiger partial charge >= 0.3 is 0 Å². The molecule has 0 atom stereocenters. The maximum absolute atomic E-state index is 10.7. The number of aromatic nitrogens is 4. The van der Waals surface area contributed by atoms with Crippen LogP contribution in [0.15, 0.2) is 53.6 Å². The predicted molar refractivity (Wildman–Crippen MR) is 89.1 cm³/mol. The normalized spacial score (nSPS) is 10.9. The van der Waals surface area contributed by atoms with Crippen molar-refractivity contribution in [2.45, 2.75) is 6.61 Å². The van der Waals surface area contributed by atoms with Gasteiger partial charge in [-0.2, -0.15) is 5.10 Å². The second kappa shape index (κ2) is 7.17. The van der Waals surface area contributed by atoms with Crippen molar-refractivity contribution in [3.05, 3.63) is 69.8 Å². The number of nitro groups is 1. The van der Waals surface area contributed by atoms with Crippen LogP contribution in [0.4, 0.5) is 11.6 Å². The van der Waals surface area contributed by atoms with Crippen molar-refractivity contribution < 1.29 is 9.66 Å². The minimum absolute atomic E-state index is 0.0373. The summed E-state index contributed by atoms with van der Waals surface area (Å²) in [6, 6.07) is 13.4. The van der Waals surface area contributed by atoms with E-state index in [1.54, 1.807) is 18.2 Å². The minimum atomic E-state index is -0.443. The summed E-state index contributed by atoms with van der Waals surface area (Å²) in [5.74, 6) is 0.664. The Morgan fingerprint density at radius 1 is 1.24 bits per heavy atom. The molecule has 0 aliphatic heterocycles. The van der Waals surface area contributed by atoms with Gasteiger partial charge in [0, 0.05) is 17.7 Å². The van der Waals surface area contributed by atoms with Gasteiger partial charge in [0.1, 0.15) is 12.4 Å². The summed E-state index contributed by atoms with van der Waals surface area (Å²) in [6.45, 7) is 0.260. The maximum Gasteiger partial charge on any atom is 0.269 e. The highest BCUT2D eigenvalue weighted by molar-refractivity contribution is 5.83. The lowest BCUT2D eigenvalue weighted by Crippen LogP contribution is -2.01. The van der Waals surface area contributed by atoms with Gasteiger partial charge < -0.3 is 10.5 Å².